The van der Waals surface area contributed by atoms with E-state index in [1.54, 1.807) is 0 Å². The maximum Gasteiger partial charge on any atom is 0.259 e. The third-order valence-electron chi connectivity index (χ3n) is 4.76. The Hall–Kier alpha value is -3.39. The molecular formula is C21H19F2N5O. The zero-order valence-electron chi connectivity index (χ0n) is 15.7. The first kappa shape index (κ1) is 18.9. The van der Waals surface area contributed by atoms with Gasteiger partial charge in [-0.05, 0) is 48.9 Å². The summed E-state index contributed by atoms with van der Waals surface area (Å²) in [4.78, 5) is 22.4. The molecule has 4 rings (SSSR count). The van der Waals surface area contributed by atoms with Crippen molar-refractivity contribution in [3.8, 4) is 0 Å². The Bertz CT molecular complexity index is 1070. The molecule has 0 aliphatic carbocycles. The number of fused-ring (bicyclic) bond motifs is 1. The number of aromatic nitrogens is 2. The number of nitrogens with zero attached hydrogens (tertiary/aromatic N) is 3. The van der Waals surface area contributed by atoms with E-state index in [-0.39, 0.29) is 17.3 Å². The molecule has 0 fully saturated rings. The second kappa shape index (κ2) is 7.92. The van der Waals surface area contributed by atoms with Gasteiger partial charge in [-0.15, -0.1) is 0 Å². The number of benzene rings is 2. The summed E-state index contributed by atoms with van der Waals surface area (Å²) in [7, 11) is 2.07. The predicted octanol–water partition coefficient (Wildman–Crippen LogP) is 3.74. The molecule has 8 heteroatoms. The Balaban J connectivity index is 1.54. The molecule has 2 heterocycles. The van der Waals surface area contributed by atoms with Gasteiger partial charge in [-0.25, -0.2) is 13.8 Å². The normalized spacial score (nSPS) is 13.6. The van der Waals surface area contributed by atoms with Gasteiger partial charge in [0.25, 0.3) is 5.91 Å². The maximum absolute atomic E-state index is 14.1. The fourth-order valence-electron chi connectivity index (χ4n) is 3.24. The number of halogens is 2. The number of carbonyl (C=O) groups is 1. The molecule has 3 aromatic rings. The monoisotopic (exact) mass is 395 g/mol. The number of anilines is 3. The van der Waals surface area contributed by atoms with Crippen LogP contribution >= 0.6 is 0 Å². The molecule has 0 radical (unpaired) electrons. The van der Waals surface area contributed by atoms with Crippen molar-refractivity contribution in [3.63, 3.8) is 0 Å². The molecule has 1 aromatic heterocycles. The number of amides is 1. The van der Waals surface area contributed by atoms with Crippen molar-refractivity contribution in [2.24, 2.45) is 0 Å². The lowest BCUT2D eigenvalue weighted by Crippen LogP contribution is -2.26. The highest BCUT2D eigenvalue weighted by Crippen LogP contribution is 2.24. The molecule has 0 saturated heterocycles. The van der Waals surface area contributed by atoms with Crippen molar-refractivity contribution >= 4 is 23.4 Å². The molecule has 0 bridgehead atoms. The first-order valence-corrected chi connectivity index (χ1v) is 9.15. The van der Waals surface area contributed by atoms with E-state index in [1.165, 1.54) is 29.3 Å². The molecule has 0 saturated carbocycles. The lowest BCUT2D eigenvalue weighted by atomic mass is 9.99. The van der Waals surface area contributed by atoms with E-state index in [4.69, 9.17) is 0 Å². The van der Waals surface area contributed by atoms with Gasteiger partial charge >= 0.3 is 0 Å². The van der Waals surface area contributed by atoms with Crippen molar-refractivity contribution in [2.45, 2.75) is 13.0 Å². The molecule has 6 nitrogen and oxygen atoms in total. The number of hydrogen-bond acceptors (Lipinski definition) is 5. The second-order valence-corrected chi connectivity index (χ2v) is 6.92. The maximum atomic E-state index is 14.1. The van der Waals surface area contributed by atoms with E-state index in [9.17, 15) is 13.6 Å². The predicted molar refractivity (Wildman–Crippen MR) is 106 cm³/mol. The largest absolute Gasteiger partial charge is 0.324 e. The van der Waals surface area contributed by atoms with Crippen LogP contribution in [0.4, 0.5) is 26.2 Å². The number of hydrogen-bond donors (Lipinski definition) is 2. The molecule has 1 aliphatic heterocycles. The summed E-state index contributed by atoms with van der Waals surface area (Å²) in [5.74, 6) is -2.50. The van der Waals surface area contributed by atoms with Crippen molar-refractivity contribution in [1.29, 1.82) is 0 Å². The fraction of sp³-hybridized carbons (Fsp3) is 0.190. The minimum Gasteiger partial charge on any atom is -0.324 e. The lowest BCUT2D eigenvalue weighted by molar-refractivity contribution is 0.102. The minimum atomic E-state index is -0.813. The average molecular weight is 395 g/mol. The van der Waals surface area contributed by atoms with E-state index >= 15 is 0 Å². The first-order valence-electron chi connectivity index (χ1n) is 9.15. The van der Waals surface area contributed by atoms with E-state index < -0.39 is 17.5 Å². The molecular weight excluding hydrogens is 376 g/mol. The van der Waals surface area contributed by atoms with Gasteiger partial charge in [-0.3, -0.25) is 4.79 Å². The van der Waals surface area contributed by atoms with Gasteiger partial charge in [-0.1, -0.05) is 18.2 Å². The third-order valence-corrected chi connectivity index (χ3v) is 4.76. The highest BCUT2D eigenvalue weighted by atomic mass is 19.1. The standard InChI is InChI=1S/C21H19F2N5O/c1-28-9-8-13-6-7-15(10-14(13)12-28)25-21-24-11-18(23)19(27-21)26-20(29)16-4-2-3-5-17(16)22/h2-7,10-11H,8-9,12H2,1H3,(H2,24,25,26,27,29). The average Bonchev–Trinajstić information content (AvgIpc) is 2.70. The van der Waals surface area contributed by atoms with Crippen LogP contribution in [0.2, 0.25) is 0 Å². The quantitative estimate of drug-likeness (QED) is 0.704. The van der Waals surface area contributed by atoms with E-state index in [1.807, 2.05) is 12.1 Å². The fourth-order valence-corrected chi connectivity index (χ4v) is 3.24. The molecule has 148 valence electrons. The summed E-state index contributed by atoms with van der Waals surface area (Å²) in [6, 6.07) is 11.4. The molecule has 29 heavy (non-hydrogen) atoms. The molecule has 0 spiro atoms. The van der Waals surface area contributed by atoms with Crippen molar-refractivity contribution < 1.29 is 13.6 Å². The van der Waals surface area contributed by atoms with Crippen LogP contribution in [-0.2, 0) is 13.0 Å². The van der Waals surface area contributed by atoms with Crippen molar-refractivity contribution in [3.05, 3.63) is 77.0 Å². The van der Waals surface area contributed by atoms with Gasteiger partial charge in [0.2, 0.25) is 5.95 Å². The Morgan fingerprint density at radius 1 is 1.10 bits per heavy atom. The van der Waals surface area contributed by atoms with Gasteiger partial charge in [-0.2, -0.15) is 4.98 Å². The van der Waals surface area contributed by atoms with Crippen molar-refractivity contribution in [2.75, 3.05) is 24.2 Å². The van der Waals surface area contributed by atoms with Crippen LogP contribution in [0.15, 0.2) is 48.7 Å². The number of likely N-dealkylation sites (N-methyl/N-ethyl adjacent to an activating group) is 1. The van der Waals surface area contributed by atoms with Crippen LogP contribution in [0, 0.1) is 11.6 Å². The summed E-state index contributed by atoms with van der Waals surface area (Å²) in [5.41, 5.74) is 3.07. The first-order chi connectivity index (χ1) is 14.0. The molecule has 1 amide bonds. The Kier molecular flexibility index (Phi) is 5.18. The van der Waals surface area contributed by atoms with Gasteiger partial charge in [0.05, 0.1) is 11.8 Å². The van der Waals surface area contributed by atoms with Crippen LogP contribution in [-0.4, -0.2) is 34.4 Å². The Labute approximate surface area is 166 Å². The topological polar surface area (TPSA) is 70.2 Å². The van der Waals surface area contributed by atoms with E-state index in [0.717, 1.165) is 37.5 Å². The number of rotatable bonds is 4. The molecule has 1 aliphatic rings. The Morgan fingerprint density at radius 3 is 2.76 bits per heavy atom. The second-order valence-electron chi connectivity index (χ2n) is 6.92. The summed E-state index contributed by atoms with van der Waals surface area (Å²) in [5, 5.41) is 5.33. The van der Waals surface area contributed by atoms with Gasteiger partial charge in [0.1, 0.15) is 5.82 Å². The third kappa shape index (κ3) is 4.22. The van der Waals surface area contributed by atoms with Gasteiger partial charge < -0.3 is 15.5 Å². The van der Waals surface area contributed by atoms with Crippen LogP contribution < -0.4 is 10.6 Å². The highest BCUT2D eigenvalue weighted by molar-refractivity contribution is 6.04. The van der Waals surface area contributed by atoms with E-state index in [0.29, 0.717) is 0 Å². The molecule has 0 unspecified atom stereocenters. The van der Waals surface area contributed by atoms with Crippen molar-refractivity contribution in [1.82, 2.24) is 14.9 Å². The Morgan fingerprint density at radius 2 is 1.93 bits per heavy atom. The SMILES string of the molecule is CN1CCc2ccc(Nc3ncc(F)c(NC(=O)c4ccccc4F)n3)cc2C1. The molecule has 2 aromatic carbocycles. The lowest BCUT2D eigenvalue weighted by Gasteiger charge is -2.25. The summed E-state index contributed by atoms with van der Waals surface area (Å²) in [6.45, 7) is 1.87. The van der Waals surface area contributed by atoms with E-state index in [2.05, 4.69) is 38.6 Å². The molecule has 2 N–H and O–H groups in total. The van der Waals surface area contributed by atoms with Gasteiger partial charge in [0.15, 0.2) is 11.6 Å². The minimum absolute atomic E-state index is 0.124. The zero-order valence-corrected chi connectivity index (χ0v) is 15.7. The smallest absolute Gasteiger partial charge is 0.259 e. The van der Waals surface area contributed by atoms with Crippen LogP contribution in [0.3, 0.4) is 0 Å². The number of nitrogens with one attached hydrogen (secondary N) is 2. The highest BCUT2D eigenvalue weighted by Gasteiger charge is 2.16. The number of carbonyl (C=O) groups excluding carboxylic acids is 1. The van der Waals surface area contributed by atoms with Crippen LogP contribution in [0.25, 0.3) is 0 Å². The zero-order chi connectivity index (χ0) is 20.4. The van der Waals surface area contributed by atoms with Gasteiger partial charge in [0, 0.05) is 18.8 Å². The summed E-state index contributed by atoms with van der Waals surface area (Å²) >= 11 is 0. The van der Waals surface area contributed by atoms with Crippen LogP contribution in [0.1, 0.15) is 21.5 Å². The molecule has 0 atom stereocenters. The van der Waals surface area contributed by atoms with Crippen LogP contribution in [0.5, 0.6) is 0 Å². The summed E-state index contributed by atoms with van der Waals surface area (Å²) in [6.07, 6.45) is 1.95. The summed E-state index contributed by atoms with van der Waals surface area (Å²) < 4.78 is 27.9.